The maximum Gasteiger partial charge on any atom is 0.335 e. The highest BCUT2D eigenvalue weighted by Gasteiger charge is 2.37. The molecule has 1 aliphatic rings. The van der Waals surface area contributed by atoms with E-state index >= 15 is 0 Å². The van der Waals surface area contributed by atoms with Crippen LogP contribution in [0.5, 0.6) is 0 Å². The molecule has 4 amide bonds. The summed E-state index contributed by atoms with van der Waals surface area (Å²) >= 11 is 0. The molecule has 0 spiro atoms. The van der Waals surface area contributed by atoms with Crippen molar-refractivity contribution in [1.29, 1.82) is 0 Å². The molecule has 0 radical (unpaired) electrons. The van der Waals surface area contributed by atoms with Gasteiger partial charge < -0.3 is 4.90 Å². The number of nitro groups is 1. The van der Waals surface area contributed by atoms with Gasteiger partial charge in [-0.1, -0.05) is 12.1 Å². The molecule has 1 N–H and O–H groups in total. The van der Waals surface area contributed by atoms with Crippen molar-refractivity contribution in [2.75, 3.05) is 23.9 Å². The second kappa shape index (κ2) is 7.78. The van der Waals surface area contributed by atoms with Crippen LogP contribution in [0.1, 0.15) is 16.7 Å². The quantitative estimate of drug-likeness (QED) is 0.360. The number of rotatable bonds is 4. The van der Waals surface area contributed by atoms with Crippen molar-refractivity contribution in [3.05, 3.63) is 68.8 Å². The van der Waals surface area contributed by atoms with Crippen molar-refractivity contribution >= 4 is 41.0 Å². The Labute approximate surface area is 172 Å². The summed E-state index contributed by atoms with van der Waals surface area (Å²) in [4.78, 5) is 50.9. The molecule has 0 aliphatic carbocycles. The minimum absolute atomic E-state index is 0.167. The Morgan fingerprint density at radius 3 is 2.33 bits per heavy atom. The van der Waals surface area contributed by atoms with Gasteiger partial charge in [0.1, 0.15) is 11.3 Å². The van der Waals surface area contributed by atoms with E-state index in [4.69, 9.17) is 0 Å². The van der Waals surface area contributed by atoms with Gasteiger partial charge in [-0.15, -0.1) is 0 Å². The van der Waals surface area contributed by atoms with E-state index in [-0.39, 0.29) is 11.3 Å². The number of nitrogens with zero attached hydrogens (tertiary/aromatic N) is 3. The lowest BCUT2D eigenvalue weighted by molar-refractivity contribution is -0.384. The van der Waals surface area contributed by atoms with E-state index in [1.807, 2.05) is 13.8 Å². The highest BCUT2D eigenvalue weighted by atomic mass is 16.6. The molecule has 1 aliphatic heterocycles. The average molecular weight is 408 g/mol. The zero-order chi connectivity index (χ0) is 22.2. The molecule has 154 valence electrons. The fraction of sp³-hybridized carbons (Fsp3) is 0.190. The molecule has 2 aromatic carbocycles. The number of carbonyl (C=O) groups excluding carboxylic acids is 3. The monoisotopic (exact) mass is 408 g/mol. The zero-order valence-corrected chi connectivity index (χ0v) is 16.9. The summed E-state index contributed by atoms with van der Waals surface area (Å²) in [6, 6.07) is 8.59. The van der Waals surface area contributed by atoms with E-state index in [0.29, 0.717) is 16.9 Å². The maximum atomic E-state index is 13.0. The number of benzene rings is 2. The Hall–Kier alpha value is -4.01. The highest BCUT2D eigenvalue weighted by molar-refractivity contribution is 6.39. The smallest absolute Gasteiger partial charge is 0.335 e. The zero-order valence-electron chi connectivity index (χ0n) is 16.9. The Morgan fingerprint density at radius 2 is 1.73 bits per heavy atom. The minimum Gasteiger partial charge on any atom is -0.372 e. The van der Waals surface area contributed by atoms with Crippen molar-refractivity contribution in [3.8, 4) is 0 Å². The summed E-state index contributed by atoms with van der Waals surface area (Å²) in [7, 11) is 3.34. The van der Waals surface area contributed by atoms with Crippen molar-refractivity contribution in [3.63, 3.8) is 0 Å². The molecule has 0 unspecified atom stereocenters. The Kier molecular flexibility index (Phi) is 5.37. The first-order valence-corrected chi connectivity index (χ1v) is 9.04. The van der Waals surface area contributed by atoms with Gasteiger partial charge in [0, 0.05) is 20.2 Å². The van der Waals surface area contributed by atoms with Crippen LogP contribution in [-0.4, -0.2) is 36.9 Å². The maximum absolute atomic E-state index is 13.0. The molecule has 0 atom stereocenters. The van der Waals surface area contributed by atoms with Crippen LogP contribution in [0, 0.1) is 24.0 Å². The number of carbonyl (C=O) groups is 3. The van der Waals surface area contributed by atoms with Gasteiger partial charge in [0.2, 0.25) is 0 Å². The van der Waals surface area contributed by atoms with Gasteiger partial charge in [-0.05, 0) is 54.8 Å². The second-order valence-corrected chi connectivity index (χ2v) is 7.13. The molecule has 0 saturated carbocycles. The summed E-state index contributed by atoms with van der Waals surface area (Å²) in [5.41, 5.74) is 2.41. The molecular weight excluding hydrogens is 388 g/mol. The molecule has 2 aromatic rings. The van der Waals surface area contributed by atoms with E-state index in [1.165, 1.54) is 18.2 Å². The number of imide groups is 2. The molecule has 9 nitrogen and oxygen atoms in total. The summed E-state index contributed by atoms with van der Waals surface area (Å²) in [5, 5.41) is 13.5. The highest BCUT2D eigenvalue weighted by Crippen LogP contribution is 2.29. The van der Waals surface area contributed by atoms with E-state index in [2.05, 4.69) is 5.32 Å². The van der Waals surface area contributed by atoms with Crippen molar-refractivity contribution in [1.82, 2.24) is 5.32 Å². The van der Waals surface area contributed by atoms with Crippen molar-refractivity contribution in [2.24, 2.45) is 0 Å². The Morgan fingerprint density at radius 1 is 1.03 bits per heavy atom. The lowest BCUT2D eigenvalue weighted by Gasteiger charge is -2.26. The molecule has 0 aromatic heterocycles. The van der Waals surface area contributed by atoms with Crippen LogP contribution in [0.4, 0.5) is 21.9 Å². The molecule has 3 rings (SSSR count). The van der Waals surface area contributed by atoms with Gasteiger partial charge >= 0.3 is 6.03 Å². The third-order valence-electron chi connectivity index (χ3n) is 4.84. The van der Waals surface area contributed by atoms with Crippen molar-refractivity contribution < 1.29 is 19.3 Å². The van der Waals surface area contributed by atoms with Gasteiger partial charge in [0.05, 0.1) is 10.6 Å². The lowest BCUT2D eigenvalue weighted by atomic mass is 10.0. The SMILES string of the molecule is Cc1ccc(N2C(=O)NC(=O)/C(=C/c3ccc(N(C)C)c([N+](=O)[O-])c3)C2=O)cc1C. The summed E-state index contributed by atoms with van der Waals surface area (Å²) < 4.78 is 0. The number of hydrogen-bond acceptors (Lipinski definition) is 6. The van der Waals surface area contributed by atoms with E-state index in [9.17, 15) is 24.5 Å². The lowest BCUT2D eigenvalue weighted by Crippen LogP contribution is -2.54. The number of urea groups is 1. The summed E-state index contributed by atoms with van der Waals surface area (Å²) in [5.74, 6) is -1.66. The molecule has 1 saturated heterocycles. The van der Waals surface area contributed by atoms with Crippen LogP contribution < -0.4 is 15.1 Å². The van der Waals surface area contributed by atoms with Crippen molar-refractivity contribution in [2.45, 2.75) is 13.8 Å². The number of aryl methyl sites for hydroxylation is 2. The van der Waals surface area contributed by atoms with Gasteiger partial charge in [-0.25, -0.2) is 9.69 Å². The first kappa shape index (κ1) is 20.7. The molecule has 9 heteroatoms. The van der Waals surface area contributed by atoms with E-state index in [0.717, 1.165) is 16.0 Å². The summed E-state index contributed by atoms with van der Waals surface area (Å²) in [6.07, 6.45) is 1.24. The largest absolute Gasteiger partial charge is 0.372 e. The molecule has 1 fully saturated rings. The van der Waals surface area contributed by atoms with Crippen LogP contribution in [0.2, 0.25) is 0 Å². The van der Waals surface area contributed by atoms with Crippen LogP contribution in [0.25, 0.3) is 6.08 Å². The van der Waals surface area contributed by atoms with Crippen LogP contribution in [0.15, 0.2) is 42.0 Å². The normalized spacial score (nSPS) is 15.4. The number of nitrogens with one attached hydrogen (secondary N) is 1. The number of nitro benzene ring substituents is 1. The fourth-order valence-corrected chi connectivity index (χ4v) is 3.08. The fourth-order valence-electron chi connectivity index (χ4n) is 3.08. The van der Waals surface area contributed by atoms with Crippen LogP contribution in [0.3, 0.4) is 0 Å². The standard InChI is InChI=1S/C21H20N4O5/c1-12-5-7-15(9-13(12)2)24-20(27)16(19(26)22-21(24)28)10-14-6-8-17(23(3)4)18(11-14)25(29)30/h5-11H,1-4H3,(H,22,26,28)/b16-10-. The van der Waals surface area contributed by atoms with Crippen LogP contribution >= 0.6 is 0 Å². The number of anilines is 2. The third-order valence-corrected chi connectivity index (χ3v) is 4.84. The van der Waals surface area contributed by atoms with Gasteiger partial charge in [0.15, 0.2) is 0 Å². The molecule has 0 bridgehead atoms. The first-order chi connectivity index (χ1) is 14.1. The third kappa shape index (κ3) is 3.77. The molecule has 30 heavy (non-hydrogen) atoms. The van der Waals surface area contributed by atoms with E-state index < -0.39 is 22.8 Å². The number of hydrogen-bond donors (Lipinski definition) is 1. The van der Waals surface area contributed by atoms with E-state index in [1.54, 1.807) is 43.3 Å². The topological polar surface area (TPSA) is 113 Å². The minimum atomic E-state index is -0.857. The van der Waals surface area contributed by atoms with Gasteiger partial charge in [0.25, 0.3) is 17.5 Å². The molecule has 1 heterocycles. The Bertz CT molecular complexity index is 1120. The predicted molar refractivity (Wildman–Crippen MR) is 112 cm³/mol. The Balaban J connectivity index is 2.05. The summed E-state index contributed by atoms with van der Waals surface area (Å²) in [6.45, 7) is 3.74. The molecular formula is C21H20N4O5. The average Bonchev–Trinajstić information content (AvgIpc) is 2.67. The number of barbiturate groups is 1. The second-order valence-electron chi connectivity index (χ2n) is 7.13. The first-order valence-electron chi connectivity index (χ1n) is 9.04. The van der Waals surface area contributed by atoms with Crippen LogP contribution in [-0.2, 0) is 9.59 Å². The number of amides is 4. The van der Waals surface area contributed by atoms with Gasteiger partial charge in [-0.2, -0.15) is 0 Å². The van der Waals surface area contributed by atoms with Gasteiger partial charge in [-0.3, -0.25) is 25.0 Å². The predicted octanol–water partition coefficient (Wildman–Crippen LogP) is 2.94.